The molecular weight excluding hydrogens is 198 g/mol. The predicted molar refractivity (Wildman–Crippen MR) is 49.9 cm³/mol. The third-order valence-electron chi connectivity index (χ3n) is 2.50. The molecule has 2 heterocycles. The summed E-state index contributed by atoms with van der Waals surface area (Å²) in [6, 6.07) is 0. The number of nitrogens with one attached hydrogen (secondary N) is 1. The van der Waals surface area contributed by atoms with E-state index in [0.29, 0.717) is 19.5 Å². The number of tetrazole rings is 1. The number of piperidine rings is 1. The van der Waals surface area contributed by atoms with Crippen LogP contribution in [0.3, 0.4) is 0 Å². The van der Waals surface area contributed by atoms with Crippen LogP contribution >= 0.6 is 0 Å². The third-order valence-corrected chi connectivity index (χ3v) is 2.50. The zero-order chi connectivity index (χ0) is 10.9. The molecule has 1 aromatic rings. The molecular formula is C8H13N5O2. The molecule has 82 valence electrons. The Labute approximate surface area is 86.5 Å². The summed E-state index contributed by atoms with van der Waals surface area (Å²) in [5, 5.41) is 22.6. The van der Waals surface area contributed by atoms with Crippen molar-refractivity contribution < 1.29 is 9.90 Å². The number of nitrogens with zero attached hydrogens (tertiary/aromatic N) is 4. The smallest absolute Gasteiger partial charge is 0.295 e. The maximum absolute atomic E-state index is 11.8. The highest BCUT2D eigenvalue weighted by atomic mass is 16.3. The summed E-state index contributed by atoms with van der Waals surface area (Å²) in [5.74, 6) is -0.239. The number of aromatic nitrogens is 4. The van der Waals surface area contributed by atoms with Crippen molar-refractivity contribution in [3.05, 3.63) is 5.82 Å². The minimum absolute atomic E-state index is 0.0488. The molecule has 1 amide bonds. The molecule has 0 radical (unpaired) electrons. The molecule has 0 aliphatic carbocycles. The lowest BCUT2D eigenvalue weighted by atomic mass is 9.95. The van der Waals surface area contributed by atoms with E-state index in [9.17, 15) is 9.90 Å². The van der Waals surface area contributed by atoms with Crippen LogP contribution in [-0.4, -0.2) is 55.2 Å². The number of hydrogen-bond acceptors (Lipinski definition) is 5. The lowest BCUT2D eigenvalue weighted by Gasteiger charge is -2.36. The van der Waals surface area contributed by atoms with Gasteiger partial charge in [-0.05, 0) is 25.0 Å². The van der Waals surface area contributed by atoms with Crippen LogP contribution in [0.4, 0.5) is 0 Å². The maximum Gasteiger partial charge on any atom is 0.295 e. The van der Waals surface area contributed by atoms with Crippen molar-refractivity contribution in [1.82, 2.24) is 25.5 Å². The minimum Gasteiger partial charge on any atom is -0.388 e. The quantitative estimate of drug-likeness (QED) is 0.633. The van der Waals surface area contributed by atoms with Crippen LogP contribution in [0.1, 0.15) is 30.4 Å². The van der Waals surface area contributed by atoms with Crippen LogP contribution < -0.4 is 0 Å². The first-order valence-corrected chi connectivity index (χ1v) is 4.84. The largest absolute Gasteiger partial charge is 0.388 e. The number of aliphatic hydroxyl groups is 1. The predicted octanol–water partition coefficient (Wildman–Crippen LogP) is -0.813. The Balaban J connectivity index is 2.08. The van der Waals surface area contributed by atoms with E-state index in [4.69, 9.17) is 0 Å². The average Bonchev–Trinajstić information content (AvgIpc) is 2.67. The van der Waals surface area contributed by atoms with E-state index in [1.807, 2.05) is 0 Å². The van der Waals surface area contributed by atoms with Gasteiger partial charge in [0.2, 0.25) is 0 Å². The molecule has 15 heavy (non-hydrogen) atoms. The molecule has 0 aromatic carbocycles. The second-order valence-corrected chi connectivity index (χ2v) is 4.06. The average molecular weight is 211 g/mol. The van der Waals surface area contributed by atoms with E-state index >= 15 is 0 Å². The number of amides is 1. The number of carbonyl (C=O) groups is 1. The molecule has 1 aromatic heterocycles. The highest BCUT2D eigenvalue weighted by Crippen LogP contribution is 2.20. The van der Waals surface area contributed by atoms with E-state index < -0.39 is 5.60 Å². The zero-order valence-corrected chi connectivity index (χ0v) is 8.47. The number of likely N-dealkylation sites (tertiary alicyclic amines) is 1. The van der Waals surface area contributed by atoms with Crippen molar-refractivity contribution in [2.24, 2.45) is 0 Å². The third kappa shape index (κ3) is 2.12. The number of carbonyl (C=O) groups excluding carboxylic acids is 1. The highest BCUT2D eigenvalue weighted by molar-refractivity contribution is 5.90. The highest BCUT2D eigenvalue weighted by Gasteiger charge is 2.32. The van der Waals surface area contributed by atoms with E-state index in [2.05, 4.69) is 20.6 Å². The van der Waals surface area contributed by atoms with Gasteiger partial charge in [-0.25, -0.2) is 0 Å². The Morgan fingerprint density at radius 3 is 3.07 bits per heavy atom. The normalized spacial score (nSPS) is 26.7. The van der Waals surface area contributed by atoms with Crippen molar-refractivity contribution in [2.75, 3.05) is 13.1 Å². The van der Waals surface area contributed by atoms with Crippen LogP contribution in [-0.2, 0) is 0 Å². The molecule has 7 heteroatoms. The second-order valence-electron chi connectivity index (χ2n) is 4.06. The topological polar surface area (TPSA) is 95.0 Å². The lowest BCUT2D eigenvalue weighted by molar-refractivity contribution is -0.0111. The number of β-amino-alcohol motifs (C(OH)–C–C–N with tert-alkyl or cyclic N) is 1. The maximum atomic E-state index is 11.8. The SMILES string of the molecule is CC1(O)CCCN(C(=O)c2nn[nH]n2)C1. The van der Waals surface area contributed by atoms with Crippen LogP contribution in [0.5, 0.6) is 0 Å². The van der Waals surface area contributed by atoms with Crippen molar-refractivity contribution in [3.63, 3.8) is 0 Å². The Morgan fingerprint density at radius 1 is 1.67 bits per heavy atom. The summed E-state index contributed by atoms with van der Waals surface area (Å²) < 4.78 is 0. The van der Waals surface area contributed by atoms with E-state index in [1.54, 1.807) is 11.8 Å². The molecule has 2 rings (SSSR count). The van der Waals surface area contributed by atoms with Gasteiger partial charge in [0, 0.05) is 13.1 Å². The molecule has 1 unspecified atom stereocenters. The van der Waals surface area contributed by atoms with Crippen LogP contribution in [0, 0.1) is 0 Å². The van der Waals surface area contributed by atoms with Gasteiger partial charge >= 0.3 is 0 Å². The Hall–Kier alpha value is -1.50. The molecule has 1 aliphatic heterocycles. The fourth-order valence-electron chi connectivity index (χ4n) is 1.79. The number of H-pyrrole nitrogens is 1. The van der Waals surface area contributed by atoms with E-state index in [0.717, 1.165) is 6.42 Å². The molecule has 0 bridgehead atoms. The summed E-state index contributed by atoms with van der Waals surface area (Å²) in [5.41, 5.74) is -0.808. The van der Waals surface area contributed by atoms with Crippen LogP contribution in [0.15, 0.2) is 0 Å². The minimum atomic E-state index is -0.808. The molecule has 7 nitrogen and oxygen atoms in total. The van der Waals surface area contributed by atoms with Gasteiger partial charge < -0.3 is 10.0 Å². The van der Waals surface area contributed by atoms with Gasteiger partial charge in [0.25, 0.3) is 11.7 Å². The molecule has 0 spiro atoms. The first-order chi connectivity index (χ1) is 7.08. The van der Waals surface area contributed by atoms with Gasteiger partial charge in [0.05, 0.1) is 5.60 Å². The Bertz CT molecular complexity index is 348. The number of aromatic amines is 1. The first kappa shape index (κ1) is 10.0. The van der Waals surface area contributed by atoms with Crippen LogP contribution in [0.2, 0.25) is 0 Å². The van der Waals surface area contributed by atoms with Crippen molar-refractivity contribution in [1.29, 1.82) is 0 Å². The fourth-order valence-corrected chi connectivity index (χ4v) is 1.79. The molecule has 1 saturated heterocycles. The monoisotopic (exact) mass is 211 g/mol. The van der Waals surface area contributed by atoms with Crippen molar-refractivity contribution in [3.8, 4) is 0 Å². The number of hydrogen-bond donors (Lipinski definition) is 2. The molecule has 2 N–H and O–H groups in total. The van der Waals surface area contributed by atoms with Gasteiger partial charge in [0.1, 0.15) is 0 Å². The van der Waals surface area contributed by atoms with Gasteiger partial charge in [0.15, 0.2) is 0 Å². The standard InChI is InChI=1S/C8H13N5O2/c1-8(15)3-2-4-13(5-8)7(14)6-9-11-12-10-6/h15H,2-5H2,1H3,(H,9,10,11,12). The van der Waals surface area contributed by atoms with Gasteiger partial charge in [-0.1, -0.05) is 0 Å². The van der Waals surface area contributed by atoms with Crippen LogP contribution in [0.25, 0.3) is 0 Å². The van der Waals surface area contributed by atoms with Gasteiger partial charge in [-0.3, -0.25) is 4.79 Å². The van der Waals surface area contributed by atoms with E-state index in [1.165, 1.54) is 0 Å². The second kappa shape index (κ2) is 3.58. The Morgan fingerprint density at radius 2 is 2.47 bits per heavy atom. The summed E-state index contributed by atoms with van der Waals surface area (Å²) in [6.45, 7) is 2.67. The first-order valence-electron chi connectivity index (χ1n) is 4.84. The molecule has 1 atom stereocenters. The zero-order valence-electron chi connectivity index (χ0n) is 8.47. The summed E-state index contributed by atoms with van der Waals surface area (Å²) in [4.78, 5) is 13.3. The Kier molecular flexibility index (Phi) is 2.39. The number of rotatable bonds is 1. The lowest BCUT2D eigenvalue weighted by Crippen LogP contribution is -2.48. The van der Waals surface area contributed by atoms with Gasteiger partial charge in [-0.15, -0.1) is 10.2 Å². The molecule has 1 aliphatic rings. The summed E-state index contributed by atoms with van der Waals surface area (Å²) in [6.07, 6.45) is 1.50. The summed E-state index contributed by atoms with van der Waals surface area (Å²) in [7, 11) is 0. The molecule has 1 fully saturated rings. The van der Waals surface area contributed by atoms with Crippen molar-refractivity contribution in [2.45, 2.75) is 25.4 Å². The molecule has 0 saturated carbocycles. The van der Waals surface area contributed by atoms with E-state index in [-0.39, 0.29) is 11.7 Å². The fraction of sp³-hybridized carbons (Fsp3) is 0.750. The van der Waals surface area contributed by atoms with Gasteiger partial charge in [-0.2, -0.15) is 5.21 Å². The van der Waals surface area contributed by atoms with Crippen molar-refractivity contribution >= 4 is 5.91 Å². The summed E-state index contributed by atoms with van der Waals surface area (Å²) >= 11 is 0.